The third kappa shape index (κ3) is 5.31. The highest BCUT2D eigenvalue weighted by molar-refractivity contribution is 4.76. The summed E-state index contributed by atoms with van der Waals surface area (Å²) in [7, 11) is 1.78. The van der Waals surface area contributed by atoms with Gasteiger partial charge in [0.05, 0.1) is 6.10 Å². The average Bonchev–Trinajstić information content (AvgIpc) is 2.61. The van der Waals surface area contributed by atoms with Crippen molar-refractivity contribution in [3.05, 3.63) is 0 Å². The Morgan fingerprint density at radius 1 is 1.25 bits per heavy atom. The quantitative estimate of drug-likeness (QED) is 0.664. The molecule has 1 rings (SSSR count). The van der Waals surface area contributed by atoms with Crippen LogP contribution in [0.5, 0.6) is 0 Å². The van der Waals surface area contributed by atoms with Gasteiger partial charge >= 0.3 is 0 Å². The molecule has 1 fully saturated rings. The lowest BCUT2D eigenvalue weighted by atomic mass is 9.90. The second kappa shape index (κ2) is 7.29. The van der Waals surface area contributed by atoms with Gasteiger partial charge in [0.25, 0.3) is 0 Å². The smallest absolute Gasteiger partial charge is 0.0581 e. The lowest BCUT2D eigenvalue weighted by Gasteiger charge is -2.15. The molecule has 1 heterocycles. The fourth-order valence-electron chi connectivity index (χ4n) is 2.64. The van der Waals surface area contributed by atoms with E-state index in [4.69, 9.17) is 9.47 Å². The van der Waals surface area contributed by atoms with Gasteiger partial charge in [-0.1, -0.05) is 20.8 Å². The number of rotatable bonds is 7. The molecular formula is C14H28O2. The van der Waals surface area contributed by atoms with Crippen LogP contribution >= 0.6 is 0 Å². The summed E-state index contributed by atoms with van der Waals surface area (Å²) in [6.45, 7) is 8.75. The first-order valence-corrected chi connectivity index (χ1v) is 6.72. The van der Waals surface area contributed by atoms with Crippen molar-refractivity contribution in [2.45, 2.75) is 52.6 Å². The van der Waals surface area contributed by atoms with Crippen LogP contribution in [0.15, 0.2) is 0 Å². The van der Waals surface area contributed by atoms with Crippen LogP contribution in [0, 0.1) is 17.8 Å². The van der Waals surface area contributed by atoms with E-state index in [1.54, 1.807) is 7.11 Å². The molecular weight excluding hydrogens is 200 g/mol. The molecule has 0 N–H and O–H groups in total. The number of hydrogen-bond acceptors (Lipinski definition) is 2. The average molecular weight is 228 g/mol. The Hall–Kier alpha value is -0.0800. The minimum Gasteiger partial charge on any atom is -0.385 e. The van der Waals surface area contributed by atoms with Crippen molar-refractivity contribution in [3.8, 4) is 0 Å². The number of methoxy groups -OCH3 is 1. The first-order chi connectivity index (χ1) is 7.61. The van der Waals surface area contributed by atoms with Crippen molar-refractivity contribution in [1.29, 1.82) is 0 Å². The molecule has 0 bridgehead atoms. The largest absolute Gasteiger partial charge is 0.385 e. The molecule has 96 valence electrons. The van der Waals surface area contributed by atoms with Gasteiger partial charge in [-0.15, -0.1) is 0 Å². The van der Waals surface area contributed by atoms with Crippen LogP contribution in [0.3, 0.4) is 0 Å². The lowest BCUT2D eigenvalue weighted by Crippen LogP contribution is -2.10. The standard InChI is InChI=1S/C14H28O2/c1-11(2)7-14-9-13(10-16-14)8-12(3)5-6-15-4/h11-14H,5-10H2,1-4H3. The SMILES string of the molecule is COCCC(C)CC1COC(CC(C)C)C1. The van der Waals surface area contributed by atoms with Gasteiger partial charge in [0.2, 0.25) is 0 Å². The lowest BCUT2D eigenvalue weighted by molar-refractivity contribution is 0.0889. The van der Waals surface area contributed by atoms with Gasteiger partial charge in [-0.3, -0.25) is 0 Å². The van der Waals surface area contributed by atoms with E-state index in [-0.39, 0.29) is 0 Å². The highest BCUT2D eigenvalue weighted by atomic mass is 16.5. The van der Waals surface area contributed by atoms with Gasteiger partial charge in [0, 0.05) is 20.3 Å². The molecule has 0 amide bonds. The van der Waals surface area contributed by atoms with E-state index in [0.717, 1.165) is 31.0 Å². The molecule has 0 aromatic carbocycles. The highest BCUT2D eigenvalue weighted by Gasteiger charge is 2.26. The third-order valence-electron chi connectivity index (χ3n) is 3.45. The van der Waals surface area contributed by atoms with Gasteiger partial charge in [-0.05, 0) is 43.4 Å². The Morgan fingerprint density at radius 2 is 2.00 bits per heavy atom. The zero-order chi connectivity index (χ0) is 12.0. The molecule has 0 aliphatic carbocycles. The van der Waals surface area contributed by atoms with E-state index >= 15 is 0 Å². The van der Waals surface area contributed by atoms with Crippen LogP contribution in [0.1, 0.15) is 46.5 Å². The van der Waals surface area contributed by atoms with Gasteiger partial charge in [0.15, 0.2) is 0 Å². The fraction of sp³-hybridized carbons (Fsp3) is 1.00. The van der Waals surface area contributed by atoms with E-state index in [1.165, 1.54) is 25.7 Å². The molecule has 0 aromatic rings. The summed E-state index contributed by atoms with van der Waals surface area (Å²) in [5.41, 5.74) is 0. The predicted octanol–water partition coefficient (Wildman–Crippen LogP) is 3.50. The van der Waals surface area contributed by atoms with E-state index in [1.807, 2.05) is 0 Å². The Balaban J connectivity index is 2.15. The normalized spacial score (nSPS) is 27.6. The van der Waals surface area contributed by atoms with Gasteiger partial charge in [-0.25, -0.2) is 0 Å². The fourth-order valence-corrected chi connectivity index (χ4v) is 2.64. The highest BCUT2D eigenvalue weighted by Crippen LogP contribution is 2.29. The van der Waals surface area contributed by atoms with Crippen LogP contribution in [-0.4, -0.2) is 26.4 Å². The summed E-state index contributed by atoms with van der Waals surface area (Å²) >= 11 is 0. The molecule has 0 spiro atoms. The van der Waals surface area contributed by atoms with Crippen molar-refractivity contribution in [2.75, 3.05) is 20.3 Å². The number of hydrogen-bond donors (Lipinski definition) is 0. The Kier molecular flexibility index (Phi) is 6.37. The van der Waals surface area contributed by atoms with Crippen LogP contribution < -0.4 is 0 Å². The molecule has 0 radical (unpaired) electrons. The zero-order valence-electron chi connectivity index (χ0n) is 11.4. The minimum atomic E-state index is 0.527. The Labute approximate surface area is 101 Å². The van der Waals surface area contributed by atoms with Gasteiger partial charge in [0.1, 0.15) is 0 Å². The van der Waals surface area contributed by atoms with E-state index in [2.05, 4.69) is 20.8 Å². The van der Waals surface area contributed by atoms with Crippen molar-refractivity contribution in [1.82, 2.24) is 0 Å². The summed E-state index contributed by atoms with van der Waals surface area (Å²) in [6, 6.07) is 0. The molecule has 16 heavy (non-hydrogen) atoms. The number of ether oxygens (including phenoxy) is 2. The molecule has 0 aromatic heterocycles. The summed E-state index contributed by atoms with van der Waals surface area (Å²) < 4.78 is 11.0. The molecule has 1 aliphatic heterocycles. The maximum atomic E-state index is 5.85. The third-order valence-corrected chi connectivity index (χ3v) is 3.45. The van der Waals surface area contributed by atoms with Crippen molar-refractivity contribution >= 4 is 0 Å². The van der Waals surface area contributed by atoms with Crippen molar-refractivity contribution in [2.24, 2.45) is 17.8 Å². The molecule has 3 unspecified atom stereocenters. The maximum absolute atomic E-state index is 5.85. The summed E-state index contributed by atoms with van der Waals surface area (Å²) in [5, 5.41) is 0. The molecule has 0 saturated carbocycles. The maximum Gasteiger partial charge on any atom is 0.0581 e. The van der Waals surface area contributed by atoms with Crippen LogP contribution in [-0.2, 0) is 9.47 Å². The second-order valence-electron chi connectivity index (χ2n) is 5.81. The zero-order valence-corrected chi connectivity index (χ0v) is 11.4. The predicted molar refractivity (Wildman–Crippen MR) is 67.6 cm³/mol. The first kappa shape index (κ1) is 14.0. The molecule has 1 aliphatic rings. The van der Waals surface area contributed by atoms with Crippen molar-refractivity contribution in [3.63, 3.8) is 0 Å². The van der Waals surface area contributed by atoms with Crippen molar-refractivity contribution < 1.29 is 9.47 Å². The van der Waals surface area contributed by atoms with Gasteiger partial charge in [-0.2, -0.15) is 0 Å². The van der Waals surface area contributed by atoms with Crippen LogP contribution in [0.4, 0.5) is 0 Å². The first-order valence-electron chi connectivity index (χ1n) is 6.72. The van der Waals surface area contributed by atoms with Crippen LogP contribution in [0.25, 0.3) is 0 Å². The topological polar surface area (TPSA) is 18.5 Å². The molecule has 2 heteroatoms. The van der Waals surface area contributed by atoms with Gasteiger partial charge < -0.3 is 9.47 Å². The molecule has 1 saturated heterocycles. The van der Waals surface area contributed by atoms with E-state index < -0.39 is 0 Å². The Bertz CT molecular complexity index is 180. The van der Waals surface area contributed by atoms with Crippen LogP contribution in [0.2, 0.25) is 0 Å². The summed E-state index contributed by atoms with van der Waals surface area (Å²) in [4.78, 5) is 0. The monoisotopic (exact) mass is 228 g/mol. The van der Waals surface area contributed by atoms with E-state index in [0.29, 0.717) is 6.10 Å². The molecule has 3 atom stereocenters. The van der Waals surface area contributed by atoms with E-state index in [9.17, 15) is 0 Å². The minimum absolute atomic E-state index is 0.527. The summed E-state index contributed by atoms with van der Waals surface area (Å²) in [6.07, 6.45) is 5.51. The Morgan fingerprint density at radius 3 is 2.62 bits per heavy atom. The molecule has 2 nitrogen and oxygen atoms in total. The summed E-state index contributed by atoms with van der Waals surface area (Å²) in [5.74, 6) is 2.32. The second-order valence-corrected chi connectivity index (χ2v) is 5.81.